The van der Waals surface area contributed by atoms with E-state index in [-0.39, 0.29) is 0 Å². The molecule has 2 rings (SSSR count). The van der Waals surface area contributed by atoms with Crippen molar-refractivity contribution in [3.63, 3.8) is 0 Å². The second-order valence-corrected chi connectivity index (χ2v) is 5.69. The molecule has 0 saturated carbocycles. The molecule has 1 fully saturated rings. The maximum absolute atomic E-state index is 6.28. The van der Waals surface area contributed by atoms with Crippen LogP contribution in [0.2, 0.25) is 5.15 Å². The van der Waals surface area contributed by atoms with Crippen LogP contribution in [0.4, 0.5) is 0 Å². The van der Waals surface area contributed by atoms with Gasteiger partial charge in [-0.2, -0.15) is 5.10 Å². The normalized spacial score (nSPS) is 25.6. The lowest BCUT2D eigenvalue weighted by atomic mass is 9.90. The van der Waals surface area contributed by atoms with Gasteiger partial charge in [-0.15, -0.1) is 0 Å². The quantitative estimate of drug-likeness (QED) is 0.913. The number of hydrogen-bond donors (Lipinski definition) is 1. The highest BCUT2D eigenvalue weighted by Gasteiger charge is 2.26. The molecule has 18 heavy (non-hydrogen) atoms. The molecule has 2 atom stereocenters. The Morgan fingerprint density at radius 2 is 2.22 bits per heavy atom. The first kappa shape index (κ1) is 13.8. The fourth-order valence-corrected chi connectivity index (χ4v) is 3.01. The van der Waals surface area contributed by atoms with Crippen molar-refractivity contribution in [3.8, 4) is 0 Å². The predicted molar refractivity (Wildman–Crippen MR) is 74.6 cm³/mol. The predicted octanol–water partition coefficient (Wildman–Crippen LogP) is 1.94. The first-order chi connectivity index (χ1) is 8.52. The highest BCUT2D eigenvalue weighted by Crippen LogP contribution is 2.24. The summed E-state index contributed by atoms with van der Waals surface area (Å²) in [7, 11) is 1.89. The molecule has 1 aromatic rings. The van der Waals surface area contributed by atoms with Gasteiger partial charge in [0, 0.05) is 31.7 Å². The number of aryl methyl sites for hydroxylation is 2. The Balaban J connectivity index is 2.05. The van der Waals surface area contributed by atoms with Crippen molar-refractivity contribution in [1.82, 2.24) is 14.7 Å². The molecular weight excluding hydrogens is 248 g/mol. The molecule has 5 heteroatoms. The van der Waals surface area contributed by atoms with E-state index in [1.54, 1.807) is 4.68 Å². The first-order valence-electron chi connectivity index (χ1n) is 6.68. The number of piperidine rings is 1. The Morgan fingerprint density at radius 3 is 2.78 bits per heavy atom. The van der Waals surface area contributed by atoms with Crippen molar-refractivity contribution in [2.45, 2.75) is 39.3 Å². The number of nitrogens with zero attached hydrogens (tertiary/aromatic N) is 3. The molecule has 2 heterocycles. The minimum atomic E-state index is 0.358. The number of rotatable bonds is 3. The molecule has 0 aromatic carbocycles. The van der Waals surface area contributed by atoms with Crippen molar-refractivity contribution in [2.75, 3.05) is 13.1 Å². The lowest BCUT2D eigenvalue weighted by Crippen LogP contribution is -2.46. The highest BCUT2D eigenvalue weighted by atomic mass is 35.5. The van der Waals surface area contributed by atoms with Gasteiger partial charge in [-0.05, 0) is 25.8 Å². The third-order valence-electron chi connectivity index (χ3n) is 4.05. The largest absolute Gasteiger partial charge is 0.327 e. The molecule has 0 radical (unpaired) electrons. The number of hydrogen-bond acceptors (Lipinski definition) is 3. The van der Waals surface area contributed by atoms with Crippen LogP contribution in [0.5, 0.6) is 0 Å². The minimum absolute atomic E-state index is 0.358. The Morgan fingerprint density at radius 1 is 1.50 bits per heavy atom. The molecule has 0 amide bonds. The summed E-state index contributed by atoms with van der Waals surface area (Å²) in [5, 5.41) is 5.12. The molecular formula is C13H23ClN4. The van der Waals surface area contributed by atoms with Gasteiger partial charge in [-0.1, -0.05) is 24.9 Å². The van der Waals surface area contributed by atoms with Crippen LogP contribution in [0.1, 0.15) is 31.0 Å². The third kappa shape index (κ3) is 2.71. The fourth-order valence-electron chi connectivity index (χ4n) is 2.78. The van der Waals surface area contributed by atoms with E-state index in [4.69, 9.17) is 17.3 Å². The van der Waals surface area contributed by atoms with Crippen LogP contribution < -0.4 is 5.73 Å². The molecule has 0 aliphatic carbocycles. The second kappa shape index (κ2) is 5.59. The van der Waals surface area contributed by atoms with Gasteiger partial charge >= 0.3 is 0 Å². The fraction of sp³-hybridized carbons (Fsp3) is 0.769. The summed E-state index contributed by atoms with van der Waals surface area (Å²) in [4.78, 5) is 2.45. The molecule has 1 aliphatic heterocycles. The number of halogens is 1. The zero-order chi connectivity index (χ0) is 13.3. The Kier molecular flexibility index (Phi) is 4.30. The van der Waals surface area contributed by atoms with Gasteiger partial charge in [0.15, 0.2) is 0 Å². The number of likely N-dealkylation sites (tertiary alicyclic amines) is 1. The zero-order valence-electron chi connectivity index (χ0n) is 11.5. The maximum Gasteiger partial charge on any atom is 0.131 e. The molecule has 1 aromatic heterocycles. The van der Waals surface area contributed by atoms with Crippen LogP contribution in [0.3, 0.4) is 0 Å². The second-order valence-electron chi connectivity index (χ2n) is 5.33. The summed E-state index contributed by atoms with van der Waals surface area (Å²) >= 11 is 6.28. The van der Waals surface area contributed by atoms with Gasteiger partial charge in [0.2, 0.25) is 0 Å². The van der Waals surface area contributed by atoms with E-state index in [9.17, 15) is 0 Å². The standard InChI is InChI=1S/C13H23ClN4/c1-4-10-7-18(6-5-12(10)15)8-11-9(2)16-17(3)13(11)14/h10,12H,4-8,15H2,1-3H3. The maximum atomic E-state index is 6.28. The van der Waals surface area contributed by atoms with Gasteiger partial charge in [-0.25, -0.2) is 0 Å². The van der Waals surface area contributed by atoms with Crippen LogP contribution in [-0.2, 0) is 13.6 Å². The van der Waals surface area contributed by atoms with Gasteiger partial charge in [0.1, 0.15) is 5.15 Å². The molecule has 4 nitrogen and oxygen atoms in total. The van der Waals surface area contributed by atoms with Gasteiger partial charge < -0.3 is 5.73 Å². The first-order valence-corrected chi connectivity index (χ1v) is 7.06. The van der Waals surface area contributed by atoms with Crippen LogP contribution >= 0.6 is 11.6 Å². The molecule has 2 N–H and O–H groups in total. The van der Waals surface area contributed by atoms with Crippen LogP contribution in [0.25, 0.3) is 0 Å². The van der Waals surface area contributed by atoms with Gasteiger partial charge in [-0.3, -0.25) is 9.58 Å². The van der Waals surface area contributed by atoms with Crippen LogP contribution in [-0.4, -0.2) is 33.8 Å². The Labute approximate surface area is 114 Å². The topological polar surface area (TPSA) is 47.1 Å². The third-order valence-corrected chi connectivity index (χ3v) is 4.53. The summed E-state index contributed by atoms with van der Waals surface area (Å²) in [5.41, 5.74) is 8.33. The smallest absolute Gasteiger partial charge is 0.131 e. The van der Waals surface area contributed by atoms with E-state index in [2.05, 4.69) is 16.9 Å². The van der Waals surface area contributed by atoms with E-state index in [1.165, 1.54) is 0 Å². The minimum Gasteiger partial charge on any atom is -0.327 e. The van der Waals surface area contributed by atoms with Crippen LogP contribution in [0, 0.1) is 12.8 Å². The van der Waals surface area contributed by atoms with E-state index in [1.807, 2.05) is 14.0 Å². The van der Waals surface area contributed by atoms with Crippen molar-refractivity contribution >= 4 is 11.6 Å². The summed E-state index contributed by atoms with van der Waals surface area (Å²) in [5.74, 6) is 0.606. The van der Waals surface area contributed by atoms with Gasteiger partial charge in [0.25, 0.3) is 0 Å². The van der Waals surface area contributed by atoms with Crippen molar-refractivity contribution in [2.24, 2.45) is 18.7 Å². The molecule has 102 valence electrons. The SMILES string of the molecule is CCC1CN(Cc2c(C)nn(C)c2Cl)CCC1N. The van der Waals surface area contributed by atoms with Crippen molar-refractivity contribution in [1.29, 1.82) is 0 Å². The molecule has 1 aliphatic rings. The highest BCUT2D eigenvalue weighted by molar-refractivity contribution is 6.30. The molecule has 1 saturated heterocycles. The van der Waals surface area contributed by atoms with Gasteiger partial charge in [0.05, 0.1) is 5.69 Å². The number of nitrogens with two attached hydrogens (primary N) is 1. The average molecular weight is 271 g/mol. The molecule has 0 spiro atoms. The van der Waals surface area contributed by atoms with Crippen molar-refractivity contribution < 1.29 is 0 Å². The lowest BCUT2D eigenvalue weighted by molar-refractivity contribution is 0.145. The molecule has 0 bridgehead atoms. The monoisotopic (exact) mass is 270 g/mol. The number of aromatic nitrogens is 2. The van der Waals surface area contributed by atoms with Crippen LogP contribution in [0.15, 0.2) is 0 Å². The average Bonchev–Trinajstić information content (AvgIpc) is 2.58. The summed E-state index contributed by atoms with van der Waals surface area (Å²) in [6.07, 6.45) is 2.23. The summed E-state index contributed by atoms with van der Waals surface area (Å²) in [6, 6.07) is 0.358. The van der Waals surface area contributed by atoms with E-state index in [0.717, 1.165) is 48.9 Å². The van der Waals surface area contributed by atoms with Crippen molar-refractivity contribution in [3.05, 3.63) is 16.4 Å². The van der Waals surface area contributed by atoms with E-state index < -0.39 is 0 Å². The zero-order valence-corrected chi connectivity index (χ0v) is 12.2. The Hall–Kier alpha value is -0.580. The van der Waals surface area contributed by atoms with E-state index in [0.29, 0.717) is 12.0 Å². The van der Waals surface area contributed by atoms with E-state index >= 15 is 0 Å². The molecule has 2 unspecified atom stereocenters. The summed E-state index contributed by atoms with van der Waals surface area (Å²) < 4.78 is 1.75. The lowest BCUT2D eigenvalue weighted by Gasteiger charge is -2.36. The summed E-state index contributed by atoms with van der Waals surface area (Å²) in [6.45, 7) is 7.26. The Bertz CT molecular complexity index is 415.